The fourth-order valence-corrected chi connectivity index (χ4v) is 5.65. The number of carbonyl (C=O) groups excluding carboxylic acids is 1. The molecule has 1 aromatic carbocycles. The molecule has 0 aliphatic carbocycles. The highest BCUT2D eigenvalue weighted by Crippen LogP contribution is 2.42. The highest BCUT2D eigenvalue weighted by molar-refractivity contribution is 7.19. The standard InChI is InChI=1S/C24H29Cl2N3O3S/c1-14-10-15(26)11-18(20-22-19(27-28(20)5)12-17(13-25)33-22)21(14)31-16-6-8-29(9-7-16)23(30)32-24(2,3)4/h10-12,16H,6-9,13H2,1-5H3. The number of thiophene rings is 1. The topological polar surface area (TPSA) is 56.6 Å². The van der Waals surface area contributed by atoms with Gasteiger partial charge in [0.2, 0.25) is 0 Å². The molecule has 1 amide bonds. The number of benzene rings is 1. The van der Waals surface area contributed by atoms with Crippen LogP contribution in [0.1, 0.15) is 44.1 Å². The van der Waals surface area contributed by atoms with Crippen molar-refractivity contribution >= 4 is 50.8 Å². The summed E-state index contributed by atoms with van der Waals surface area (Å²) in [6.45, 7) is 8.84. The number of rotatable bonds is 4. The van der Waals surface area contributed by atoms with E-state index in [2.05, 4.69) is 5.10 Å². The summed E-state index contributed by atoms with van der Waals surface area (Å²) in [5, 5.41) is 5.33. The zero-order valence-corrected chi connectivity index (χ0v) is 21.9. The van der Waals surface area contributed by atoms with Crippen molar-refractivity contribution < 1.29 is 14.3 Å². The first-order chi connectivity index (χ1) is 15.6. The predicted octanol–water partition coefficient (Wildman–Crippen LogP) is 6.78. The minimum absolute atomic E-state index is 0.00670. The number of alkyl halides is 1. The van der Waals surface area contributed by atoms with Gasteiger partial charge >= 0.3 is 6.09 Å². The third-order valence-electron chi connectivity index (χ3n) is 5.56. The molecule has 33 heavy (non-hydrogen) atoms. The smallest absolute Gasteiger partial charge is 0.410 e. The average molecular weight is 510 g/mol. The first-order valence-corrected chi connectivity index (χ1v) is 12.7. The van der Waals surface area contributed by atoms with Crippen molar-refractivity contribution in [3.05, 3.63) is 33.7 Å². The number of ether oxygens (including phenoxy) is 2. The molecule has 9 heteroatoms. The van der Waals surface area contributed by atoms with Gasteiger partial charge in [0.05, 0.1) is 16.3 Å². The minimum Gasteiger partial charge on any atom is -0.489 e. The second kappa shape index (κ2) is 9.35. The molecule has 0 unspecified atom stereocenters. The number of halogens is 2. The molecule has 0 bridgehead atoms. The Bertz CT molecular complexity index is 1170. The molecule has 0 spiro atoms. The van der Waals surface area contributed by atoms with Crippen LogP contribution in [0.25, 0.3) is 21.5 Å². The first-order valence-electron chi connectivity index (χ1n) is 11.0. The van der Waals surface area contributed by atoms with E-state index in [0.717, 1.165) is 50.5 Å². The van der Waals surface area contributed by atoms with E-state index in [1.807, 2.05) is 57.6 Å². The molecular formula is C24H29Cl2N3O3S. The van der Waals surface area contributed by atoms with E-state index < -0.39 is 5.60 Å². The number of nitrogens with zero attached hydrogens (tertiary/aromatic N) is 3. The third-order valence-corrected chi connectivity index (χ3v) is 7.36. The van der Waals surface area contributed by atoms with Crippen molar-refractivity contribution in [3.8, 4) is 17.0 Å². The predicted molar refractivity (Wildman–Crippen MR) is 135 cm³/mol. The molecule has 178 valence electrons. The van der Waals surface area contributed by atoms with E-state index in [0.29, 0.717) is 24.0 Å². The zero-order valence-electron chi connectivity index (χ0n) is 19.6. The zero-order chi connectivity index (χ0) is 23.9. The second-order valence-electron chi connectivity index (χ2n) is 9.42. The van der Waals surface area contributed by atoms with E-state index in [-0.39, 0.29) is 12.2 Å². The maximum absolute atomic E-state index is 12.4. The van der Waals surface area contributed by atoms with E-state index >= 15 is 0 Å². The SMILES string of the molecule is Cc1cc(Cl)cc(-c2c3sc(CCl)cc3nn2C)c1OC1CCN(C(=O)OC(C)(C)C)CC1. The Morgan fingerprint density at radius 2 is 1.94 bits per heavy atom. The summed E-state index contributed by atoms with van der Waals surface area (Å²) in [4.78, 5) is 15.2. The van der Waals surface area contributed by atoms with Crippen LogP contribution < -0.4 is 4.74 Å². The summed E-state index contributed by atoms with van der Waals surface area (Å²) < 4.78 is 15.0. The van der Waals surface area contributed by atoms with Gasteiger partial charge < -0.3 is 14.4 Å². The number of aromatic nitrogens is 2. The van der Waals surface area contributed by atoms with Gasteiger partial charge in [-0.1, -0.05) is 11.6 Å². The molecule has 3 heterocycles. The second-order valence-corrected chi connectivity index (χ2v) is 11.3. The van der Waals surface area contributed by atoms with Gasteiger partial charge in [-0.05, 0) is 51.5 Å². The maximum atomic E-state index is 12.4. The number of carbonyl (C=O) groups is 1. The number of aryl methyl sites for hydroxylation is 2. The highest BCUT2D eigenvalue weighted by Gasteiger charge is 2.29. The van der Waals surface area contributed by atoms with Crippen LogP contribution in [0.15, 0.2) is 18.2 Å². The number of hydrogen-bond acceptors (Lipinski definition) is 5. The van der Waals surface area contributed by atoms with Gasteiger partial charge in [-0.3, -0.25) is 4.68 Å². The monoisotopic (exact) mass is 509 g/mol. The fraction of sp³-hybridized carbons (Fsp3) is 0.500. The number of piperidine rings is 1. The highest BCUT2D eigenvalue weighted by atomic mass is 35.5. The molecule has 1 fully saturated rings. The van der Waals surface area contributed by atoms with Crippen LogP contribution in [0.2, 0.25) is 5.02 Å². The molecule has 0 saturated carbocycles. The summed E-state index contributed by atoms with van der Waals surface area (Å²) in [7, 11) is 1.93. The van der Waals surface area contributed by atoms with Gasteiger partial charge in [0.1, 0.15) is 23.0 Å². The Balaban J connectivity index is 1.59. The van der Waals surface area contributed by atoms with E-state index in [1.54, 1.807) is 16.2 Å². The lowest BCUT2D eigenvalue weighted by Gasteiger charge is -2.34. The van der Waals surface area contributed by atoms with Crippen molar-refractivity contribution in [1.82, 2.24) is 14.7 Å². The molecule has 6 nitrogen and oxygen atoms in total. The lowest BCUT2D eigenvalue weighted by Crippen LogP contribution is -2.44. The van der Waals surface area contributed by atoms with Crippen LogP contribution in [0.3, 0.4) is 0 Å². The normalized spacial score (nSPS) is 15.3. The number of fused-ring (bicyclic) bond motifs is 1. The number of likely N-dealkylation sites (tertiary alicyclic amines) is 1. The summed E-state index contributed by atoms with van der Waals surface area (Å²) in [5.41, 5.74) is 3.28. The quantitative estimate of drug-likeness (QED) is 0.363. The minimum atomic E-state index is -0.501. The molecule has 3 aromatic rings. The van der Waals surface area contributed by atoms with Crippen molar-refractivity contribution in [3.63, 3.8) is 0 Å². The molecule has 1 aliphatic heterocycles. The molecule has 1 saturated heterocycles. The van der Waals surface area contributed by atoms with E-state index in [1.165, 1.54) is 0 Å². The van der Waals surface area contributed by atoms with Crippen LogP contribution in [-0.4, -0.2) is 45.6 Å². The number of amides is 1. The van der Waals surface area contributed by atoms with Gasteiger partial charge in [0.15, 0.2) is 0 Å². The van der Waals surface area contributed by atoms with Crippen molar-refractivity contribution in [2.24, 2.45) is 7.05 Å². The Hall–Kier alpha value is -1.96. The van der Waals surface area contributed by atoms with E-state index in [9.17, 15) is 4.79 Å². The van der Waals surface area contributed by atoms with Gasteiger partial charge in [0.25, 0.3) is 0 Å². The number of hydrogen-bond donors (Lipinski definition) is 0. The van der Waals surface area contributed by atoms with Gasteiger partial charge in [-0.25, -0.2) is 4.79 Å². The molecule has 2 aromatic heterocycles. The van der Waals surface area contributed by atoms with Crippen molar-refractivity contribution in [1.29, 1.82) is 0 Å². The average Bonchev–Trinajstić information content (AvgIpc) is 3.25. The van der Waals surface area contributed by atoms with Crippen LogP contribution in [-0.2, 0) is 17.7 Å². The largest absolute Gasteiger partial charge is 0.489 e. The molecule has 0 atom stereocenters. The Labute approximate surface area is 208 Å². The molecule has 1 aliphatic rings. The Morgan fingerprint density at radius 3 is 2.58 bits per heavy atom. The van der Waals surface area contributed by atoms with Crippen LogP contribution in [0.5, 0.6) is 5.75 Å². The lowest BCUT2D eigenvalue weighted by molar-refractivity contribution is 0.0126. The summed E-state index contributed by atoms with van der Waals surface area (Å²) in [5.74, 6) is 1.26. The molecular weight excluding hydrogens is 481 g/mol. The fourth-order valence-electron chi connectivity index (χ4n) is 4.11. The first kappa shape index (κ1) is 24.2. The van der Waals surface area contributed by atoms with Gasteiger partial charge in [-0.15, -0.1) is 22.9 Å². The summed E-state index contributed by atoms with van der Waals surface area (Å²) >= 11 is 14.2. The van der Waals surface area contributed by atoms with Crippen molar-refractivity contribution in [2.45, 2.75) is 58.1 Å². The summed E-state index contributed by atoms with van der Waals surface area (Å²) in [6.07, 6.45) is 1.19. The maximum Gasteiger partial charge on any atom is 0.410 e. The van der Waals surface area contributed by atoms with Gasteiger partial charge in [-0.2, -0.15) is 5.10 Å². The Morgan fingerprint density at radius 1 is 1.24 bits per heavy atom. The Kier molecular flexibility index (Phi) is 6.85. The van der Waals surface area contributed by atoms with Crippen LogP contribution >= 0.6 is 34.5 Å². The lowest BCUT2D eigenvalue weighted by atomic mass is 10.0. The summed E-state index contributed by atoms with van der Waals surface area (Å²) in [6, 6.07) is 5.89. The molecule has 0 N–H and O–H groups in total. The van der Waals surface area contributed by atoms with Gasteiger partial charge in [0, 0.05) is 48.4 Å². The van der Waals surface area contributed by atoms with E-state index in [4.69, 9.17) is 32.7 Å². The van der Waals surface area contributed by atoms with Crippen LogP contribution in [0.4, 0.5) is 4.79 Å². The van der Waals surface area contributed by atoms with Crippen molar-refractivity contribution in [2.75, 3.05) is 13.1 Å². The molecule has 4 rings (SSSR count). The molecule has 0 radical (unpaired) electrons. The third kappa shape index (κ3) is 5.26. The van der Waals surface area contributed by atoms with Crippen LogP contribution in [0, 0.1) is 6.92 Å².